The zero-order valence-corrected chi connectivity index (χ0v) is 11.5. The van der Waals surface area contributed by atoms with Crippen molar-refractivity contribution in [3.05, 3.63) is 11.6 Å². The summed E-state index contributed by atoms with van der Waals surface area (Å²) >= 11 is 1.43. The lowest BCUT2D eigenvalue weighted by Gasteiger charge is -2.26. The largest absolute Gasteiger partial charge is 0.480 e. The molecule has 1 unspecified atom stereocenters. The van der Waals surface area contributed by atoms with Gasteiger partial charge in [0, 0.05) is 12.8 Å². The van der Waals surface area contributed by atoms with Gasteiger partial charge in [-0.15, -0.1) is 11.8 Å². The number of carboxylic acid groups (broad SMARTS) is 1. The molecule has 0 spiro atoms. The van der Waals surface area contributed by atoms with E-state index in [2.05, 4.69) is 15.2 Å². The van der Waals surface area contributed by atoms with Crippen LogP contribution in [0.4, 0.5) is 4.79 Å². The number of aromatic amines is 1. The Morgan fingerprint density at radius 3 is 2.95 bits per heavy atom. The second kappa shape index (κ2) is 5.47. The number of aromatic nitrogens is 3. The van der Waals surface area contributed by atoms with Crippen LogP contribution in [0.15, 0.2) is 0 Å². The van der Waals surface area contributed by atoms with Gasteiger partial charge in [-0.3, -0.25) is 5.10 Å². The van der Waals surface area contributed by atoms with Crippen LogP contribution in [-0.2, 0) is 11.3 Å². The minimum absolute atomic E-state index is 0.247. The number of hydrogen-bond acceptors (Lipinski definition) is 5. The topological polar surface area (TPSA) is 102 Å². The Kier molecular flexibility index (Phi) is 3.93. The molecule has 9 heteroatoms. The molecule has 8 nitrogen and oxygen atoms in total. The highest BCUT2D eigenvalue weighted by Gasteiger charge is 2.36. The average Bonchev–Trinajstić information content (AvgIpc) is 2.97. The molecule has 0 aromatic carbocycles. The maximum atomic E-state index is 12.2. The summed E-state index contributed by atoms with van der Waals surface area (Å²) in [6, 6.07) is -1.08. The van der Waals surface area contributed by atoms with Crippen LogP contribution in [0.1, 0.15) is 11.6 Å². The fourth-order valence-electron chi connectivity index (χ4n) is 1.79. The van der Waals surface area contributed by atoms with E-state index in [0.29, 0.717) is 23.3 Å². The summed E-state index contributed by atoms with van der Waals surface area (Å²) in [5.41, 5.74) is 0. The van der Waals surface area contributed by atoms with E-state index < -0.39 is 12.0 Å². The molecule has 1 saturated heterocycles. The molecule has 2 N–H and O–H groups in total. The number of amides is 2. The van der Waals surface area contributed by atoms with Crippen LogP contribution in [-0.4, -0.2) is 66.8 Å². The molecule has 0 radical (unpaired) electrons. The molecular formula is C10H15N5O3S. The first-order chi connectivity index (χ1) is 8.99. The zero-order chi connectivity index (χ0) is 14.0. The van der Waals surface area contributed by atoms with Gasteiger partial charge >= 0.3 is 12.0 Å². The van der Waals surface area contributed by atoms with E-state index in [0.717, 1.165) is 0 Å². The maximum Gasteiger partial charge on any atom is 0.327 e. The minimum atomic E-state index is -0.972. The number of carboxylic acids is 1. The fourth-order valence-corrected chi connectivity index (χ4v) is 2.93. The number of thioether (sulfide) groups is 1. The number of aliphatic carboxylic acids is 1. The summed E-state index contributed by atoms with van der Waals surface area (Å²) in [6.45, 7) is 2.02. The average molecular weight is 285 g/mol. The van der Waals surface area contributed by atoms with Crippen LogP contribution in [0.2, 0.25) is 0 Å². The molecule has 19 heavy (non-hydrogen) atoms. The first-order valence-corrected chi connectivity index (χ1v) is 6.84. The van der Waals surface area contributed by atoms with E-state index in [1.54, 1.807) is 14.0 Å². The van der Waals surface area contributed by atoms with Gasteiger partial charge < -0.3 is 14.9 Å². The van der Waals surface area contributed by atoms with Crippen LogP contribution in [0, 0.1) is 6.92 Å². The van der Waals surface area contributed by atoms with Crippen LogP contribution in [0.3, 0.4) is 0 Å². The second-order valence-electron chi connectivity index (χ2n) is 4.30. The van der Waals surface area contributed by atoms with Crippen molar-refractivity contribution in [3.8, 4) is 0 Å². The summed E-state index contributed by atoms with van der Waals surface area (Å²) < 4.78 is 0. The van der Waals surface area contributed by atoms with Crippen molar-refractivity contribution in [2.24, 2.45) is 0 Å². The molecule has 1 aromatic rings. The molecular weight excluding hydrogens is 270 g/mol. The van der Waals surface area contributed by atoms with Gasteiger partial charge in [-0.2, -0.15) is 5.10 Å². The van der Waals surface area contributed by atoms with E-state index >= 15 is 0 Å². The van der Waals surface area contributed by atoms with Gasteiger partial charge in [0.15, 0.2) is 5.82 Å². The quantitative estimate of drug-likeness (QED) is 0.818. The molecule has 2 amide bonds. The summed E-state index contributed by atoms with van der Waals surface area (Å²) in [5, 5.41) is 15.7. The van der Waals surface area contributed by atoms with Gasteiger partial charge in [-0.1, -0.05) is 0 Å². The summed E-state index contributed by atoms with van der Waals surface area (Å²) in [7, 11) is 1.61. The predicted octanol–water partition coefficient (Wildman–Crippen LogP) is 0.124. The van der Waals surface area contributed by atoms with Crippen LogP contribution in [0.25, 0.3) is 0 Å². The van der Waals surface area contributed by atoms with Crippen LogP contribution in [0.5, 0.6) is 0 Å². The Balaban J connectivity index is 2.00. The van der Waals surface area contributed by atoms with Crippen molar-refractivity contribution in [1.29, 1.82) is 0 Å². The lowest BCUT2D eigenvalue weighted by molar-refractivity contribution is -0.140. The normalized spacial score (nSPS) is 18.6. The number of carbonyl (C=O) groups is 2. The van der Waals surface area contributed by atoms with Gasteiger partial charge in [-0.25, -0.2) is 14.6 Å². The van der Waals surface area contributed by atoms with Crippen molar-refractivity contribution in [2.75, 3.05) is 18.7 Å². The van der Waals surface area contributed by atoms with E-state index in [4.69, 9.17) is 5.11 Å². The Morgan fingerprint density at radius 1 is 1.63 bits per heavy atom. The first-order valence-electron chi connectivity index (χ1n) is 5.69. The molecule has 104 valence electrons. The monoisotopic (exact) mass is 285 g/mol. The van der Waals surface area contributed by atoms with Crippen molar-refractivity contribution in [3.63, 3.8) is 0 Å². The Bertz CT molecular complexity index is 491. The summed E-state index contributed by atoms with van der Waals surface area (Å²) in [5.74, 6) is 1.03. The summed E-state index contributed by atoms with van der Waals surface area (Å²) in [4.78, 5) is 30.1. The van der Waals surface area contributed by atoms with Gasteiger partial charge in [0.1, 0.15) is 11.9 Å². The Hall–Kier alpha value is -1.77. The third kappa shape index (κ3) is 2.98. The number of nitrogens with one attached hydrogen (secondary N) is 1. The van der Waals surface area contributed by atoms with E-state index in [1.807, 2.05) is 0 Å². The van der Waals surface area contributed by atoms with Crippen molar-refractivity contribution in [2.45, 2.75) is 19.5 Å². The van der Waals surface area contributed by atoms with Crippen molar-refractivity contribution >= 4 is 23.8 Å². The zero-order valence-electron chi connectivity index (χ0n) is 10.7. The standard InChI is InChI=1S/C10H15N5O3S/c1-6-11-8(13-12-6)3-14(2)10(18)15-5-19-4-7(15)9(16)17/h7H,3-5H2,1-2H3,(H,16,17)(H,11,12,13). The molecule has 2 heterocycles. The van der Waals surface area contributed by atoms with Crippen molar-refractivity contribution < 1.29 is 14.7 Å². The van der Waals surface area contributed by atoms with Gasteiger partial charge in [0.05, 0.1) is 12.4 Å². The van der Waals surface area contributed by atoms with Crippen molar-refractivity contribution in [1.82, 2.24) is 25.0 Å². The highest BCUT2D eigenvalue weighted by molar-refractivity contribution is 7.99. The molecule has 1 atom stereocenters. The lowest BCUT2D eigenvalue weighted by Crippen LogP contribution is -2.47. The second-order valence-corrected chi connectivity index (χ2v) is 5.30. The van der Waals surface area contributed by atoms with Crippen LogP contribution >= 0.6 is 11.8 Å². The molecule has 1 aliphatic heterocycles. The third-order valence-electron chi connectivity index (χ3n) is 2.76. The molecule has 2 rings (SSSR count). The highest BCUT2D eigenvalue weighted by Crippen LogP contribution is 2.22. The number of hydrogen-bond donors (Lipinski definition) is 2. The molecule has 1 aliphatic rings. The predicted molar refractivity (Wildman–Crippen MR) is 68.6 cm³/mol. The smallest absolute Gasteiger partial charge is 0.327 e. The van der Waals surface area contributed by atoms with E-state index in [1.165, 1.54) is 21.6 Å². The van der Waals surface area contributed by atoms with Gasteiger partial charge in [-0.05, 0) is 6.92 Å². The number of carbonyl (C=O) groups excluding carboxylic acids is 1. The lowest BCUT2D eigenvalue weighted by atomic mass is 10.3. The van der Waals surface area contributed by atoms with E-state index in [-0.39, 0.29) is 12.6 Å². The third-order valence-corrected chi connectivity index (χ3v) is 3.77. The molecule has 0 aliphatic carbocycles. The Labute approximate surface area is 114 Å². The van der Waals surface area contributed by atoms with Crippen LogP contribution < -0.4 is 0 Å². The molecule has 0 saturated carbocycles. The highest BCUT2D eigenvalue weighted by atomic mass is 32.2. The SMILES string of the molecule is Cc1nc(CN(C)C(=O)N2CSCC2C(=O)O)n[nH]1. The number of rotatable bonds is 3. The van der Waals surface area contributed by atoms with Gasteiger partial charge in [0.25, 0.3) is 0 Å². The number of H-pyrrole nitrogens is 1. The maximum absolute atomic E-state index is 12.2. The Morgan fingerprint density at radius 2 is 2.37 bits per heavy atom. The van der Waals surface area contributed by atoms with Gasteiger partial charge in [0.2, 0.25) is 0 Å². The number of aryl methyl sites for hydroxylation is 1. The molecule has 1 aromatic heterocycles. The molecule has 0 bridgehead atoms. The summed E-state index contributed by atoms with van der Waals surface area (Å²) in [6.07, 6.45) is 0. The fraction of sp³-hybridized carbons (Fsp3) is 0.600. The number of nitrogens with zero attached hydrogens (tertiary/aromatic N) is 4. The first kappa shape index (κ1) is 13.7. The number of urea groups is 1. The molecule has 1 fully saturated rings. The minimum Gasteiger partial charge on any atom is -0.480 e. The van der Waals surface area contributed by atoms with E-state index in [9.17, 15) is 9.59 Å².